The number of hydrogen-bond acceptors (Lipinski definition) is 7. The minimum absolute atomic E-state index is 0.0524. The van der Waals surface area contributed by atoms with Gasteiger partial charge in [0.1, 0.15) is 11.4 Å². The Morgan fingerprint density at radius 2 is 1.54 bits per heavy atom. The maximum absolute atomic E-state index is 12.8. The van der Waals surface area contributed by atoms with Gasteiger partial charge in [-0.05, 0) is 49.9 Å². The zero-order chi connectivity index (χ0) is 27.2. The van der Waals surface area contributed by atoms with Crippen molar-refractivity contribution in [2.75, 3.05) is 14.2 Å². The van der Waals surface area contributed by atoms with Crippen LogP contribution < -0.4 is 0 Å². The maximum atomic E-state index is 12.8. The van der Waals surface area contributed by atoms with Gasteiger partial charge >= 0.3 is 17.9 Å². The second-order valence-corrected chi connectivity index (χ2v) is 9.64. The molecule has 0 aliphatic heterocycles. The van der Waals surface area contributed by atoms with E-state index in [1.54, 1.807) is 16.7 Å². The van der Waals surface area contributed by atoms with Gasteiger partial charge in [-0.2, -0.15) is 0 Å². The summed E-state index contributed by atoms with van der Waals surface area (Å²) in [5.41, 5.74) is 2.40. The number of benzene rings is 2. The average Bonchev–Trinajstić information content (AvgIpc) is 3.23. The topological polar surface area (TPSA) is 96.7 Å². The summed E-state index contributed by atoms with van der Waals surface area (Å²) < 4.78 is 17.1. The normalized spacial score (nSPS) is 11.2. The Kier molecular flexibility index (Phi) is 8.86. The minimum Gasteiger partial charge on any atom is -0.464 e. The van der Waals surface area contributed by atoms with Crippen molar-refractivity contribution >= 4 is 17.9 Å². The van der Waals surface area contributed by atoms with Gasteiger partial charge in [0.05, 0.1) is 19.8 Å². The summed E-state index contributed by atoms with van der Waals surface area (Å²) in [6, 6.07) is 15.0. The molecular weight excluding hydrogens is 472 g/mol. The molecule has 3 aromatic rings. The maximum Gasteiger partial charge on any atom is 0.359 e. The summed E-state index contributed by atoms with van der Waals surface area (Å²) in [5.74, 6) is -1.12. The number of hydrogen-bond donors (Lipinski definition) is 0. The zero-order valence-electron chi connectivity index (χ0n) is 22.3. The minimum atomic E-state index is -0.689. The highest BCUT2D eigenvalue weighted by molar-refractivity contribution is 6.01. The number of carbonyl (C=O) groups is 3. The van der Waals surface area contributed by atoms with Crippen LogP contribution in [0.4, 0.5) is 0 Å². The molecule has 196 valence electrons. The molecule has 0 amide bonds. The van der Waals surface area contributed by atoms with Crippen molar-refractivity contribution in [1.29, 1.82) is 0 Å². The van der Waals surface area contributed by atoms with Crippen LogP contribution in [0.1, 0.15) is 83.3 Å². The third-order valence-corrected chi connectivity index (χ3v) is 5.71. The van der Waals surface area contributed by atoms with Gasteiger partial charge in [0, 0.05) is 13.0 Å². The Hall–Kier alpha value is -3.94. The standard InChI is InChI=1S/C29H34N2O6/c1-7-8-13-23-30-24(27(33)35-5)25(28(34)36-6)31(23)18-19-14-16-20(17-15-19)21-11-9-10-12-22(21)26(32)37-29(2,3)4/h9-12,14-17H,7-8,13,18H2,1-6H3. The molecule has 1 heterocycles. The summed E-state index contributed by atoms with van der Waals surface area (Å²) >= 11 is 0. The molecule has 0 aliphatic rings. The third-order valence-electron chi connectivity index (χ3n) is 5.71. The molecule has 0 atom stereocenters. The van der Waals surface area contributed by atoms with E-state index < -0.39 is 17.5 Å². The fraction of sp³-hybridized carbons (Fsp3) is 0.379. The first-order valence-corrected chi connectivity index (χ1v) is 12.3. The molecule has 0 N–H and O–H groups in total. The van der Waals surface area contributed by atoms with Crippen molar-refractivity contribution in [3.05, 3.63) is 76.9 Å². The fourth-order valence-electron chi connectivity index (χ4n) is 3.96. The van der Waals surface area contributed by atoms with Crippen LogP contribution in [-0.4, -0.2) is 47.3 Å². The van der Waals surface area contributed by atoms with E-state index in [4.69, 9.17) is 14.2 Å². The molecule has 0 bridgehead atoms. The van der Waals surface area contributed by atoms with E-state index >= 15 is 0 Å². The highest BCUT2D eigenvalue weighted by Gasteiger charge is 2.28. The lowest BCUT2D eigenvalue weighted by Gasteiger charge is -2.20. The summed E-state index contributed by atoms with van der Waals surface area (Å²) in [5, 5.41) is 0. The number of esters is 3. The SMILES string of the molecule is CCCCc1nc(C(=O)OC)c(C(=O)OC)n1Cc1ccc(-c2ccccc2C(=O)OC(C)(C)C)cc1. The van der Waals surface area contributed by atoms with Crippen molar-refractivity contribution in [1.82, 2.24) is 9.55 Å². The molecule has 1 aromatic heterocycles. The number of ether oxygens (including phenoxy) is 3. The van der Waals surface area contributed by atoms with E-state index in [1.807, 2.05) is 57.2 Å². The monoisotopic (exact) mass is 506 g/mol. The molecule has 8 nitrogen and oxygen atoms in total. The van der Waals surface area contributed by atoms with Crippen LogP contribution >= 0.6 is 0 Å². The van der Waals surface area contributed by atoms with Crippen LogP contribution in [0.2, 0.25) is 0 Å². The molecular formula is C29H34N2O6. The van der Waals surface area contributed by atoms with E-state index in [9.17, 15) is 14.4 Å². The number of unbranched alkanes of at least 4 members (excludes halogenated alkanes) is 1. The largest absolute Gasteiger partial charge is 0.464 e. The number of aryl methyl sites for hydroxylation is 1. The summed E-state index contributed by atoms with van der Waals surface area (Å²) in [6.45, 7) is 7.87. The second-order valence-electron chi connectivity index (χ2n) is 9.64. The summed E-state index contributed by atoms with van der Waals surface area (Å²) in [4.78, 5) is 42.3. The first-order valence-electron chi connectivity index (χ1n) is 12.3. The van der Waals surface area contributed by atoms with Gasteiger partial charge < -0.3 is 18.8 Å². The highest BCUT2D eigenvalue weighted by Crippen LogP contribution is 2.27. The fourth-order valence-corrected chi connectivity index (χ4v) is 3.96. The Bertz CT molecular complexity index is 1270. The molecule has 0 saturated carbocycles. The Balaban J connectivity index is 1.98. The van der Waals surface area contributed by atoms with Crippen LogP contribution in [0.15, 0.2) is 48.5 Å². The third kappa shape index (κ3) is 6.64. The molecule has 2 aromatic carbocycles. The van der Waals surface area contributed by atoms with Crippen molar-refractivity contribution < 1.29 is 28.6 Å². The summed E-state index contributed by atoms with van der Waals surface area (Å²) in [6.07, 6.45) is 2.37. The molecule has 8 heteroatoms. The molecule has 0 unspecified atom stereocenters. The van der Waals surface area contributed by atoms with Crippen molar-refractivity contribution in [3.8, 4) is 11.1 Å². The van der Waals surface area contributed by atoms with E-state index in [0.29, 0.717) is 24.4 Å². The second kappa shape index (κ2) is 11.9. The van der Waals surface area contributed by atoms with E-state index in [1.165, 1.54) is 14.2 Å². The molecule has 0 spiro atoms. The van der Waals surface area contributed by atoms with Gasteiger partial charge in [0.15, 0.2) is 11.4 Å². The lowest BCUT2D eigenvalue weighted by molar-refractivity contribution is 0.00700. The lowest BCUT2D eigenvalue weighted by Crippen LogP contribution is -2.24. The van der Waals surface area contributed by atoms with Gasteiger partial charge in [-0.3, -0.25) is 0 Å². The van der Waals surface area contributed by atoms with Crippen molar-refractivity contribution in [3.63, 3.8) is 0 Å². The molecule has 0 fully saturated rings. The highest BCUT2D eigenvalue weighted by atomic mass is 16.6. The van der Waals surface area contributed by atoms with Gasteiger partial charge in [-0.25, -0.2) is 19.4 Å². The molecule has 37 heavy (non-hydrogen) atoms. The van der Waals surface area contributed by atoms with E-state index in [0.717, 1.165) is 29.5 Å². The summed E-state index contributed by atoms with van der Waals surface area (Å²) in [7, 11) is 2.52. The first-order chi connectivity index (χ1) is 17.6. The first kappa shape index (κ1) is 27.6. The molecule has 0 saturated heterocycles. The van der Waals surface area contributed by atoms with Crippen LogP contribution in [-0.2, 0) is 27.2 Å². The van der Waals surface area contributed by atoms with Gasteiger partial charge in [-0.1, -0.05) is 55.8 Å². The zero-order valence-corrected chi connectivity index (χ0v) is 22.3. The Morgan fingerprint density at radius 1 is 0.892 bits per heavy atom. The van der Waals surface area contributed by atoms with Crippen LogP contribution in [0.25, 0.3) is 11.1 Å². The average molecular weight is 507 g/mol. The molecule has 3 rings (SSSR count). The van der Waals surface area contributed by atoms with Crippen LogP contribution in [0.3, 0.4) is 0 Å². The predicted molar refractivity (Wildman–Crippen MR) is 140 cm³/mol. The van der Waals surface area contributed by atoms with Gasteiger partial charge in [0.2, 0.25) is 0 Å². The van der Waals surface area contributed by atoms with E-state index in [-0.39, 0.29) is 17.4 Å². The number of carbonyl (C=O) groups excluding carboxylic acids is 3. The molecule has 0 radical (unpaired) electrons. The van der Waals surface area contributed by atoms with E-state index in [2.05, 4.69) is 11.9 Å². The van der Waals surface area contributed by atoms with Crippen molar-refractivity contribution in [2.24, 2.45) is 0 Å². The number of nitrogens with zero attached hydrogens (tertiary/aromatic N) is 2. The quantitative estimate of drug-likeness (QED) is 0.280. The number of imidazole rings is 1. The molecule has 0 aliphatic carbocycles. The number of methoxy groups -OCH3 is 2. The van der Waals surface area contributed by atoms with Crippen LogP contribution in [0, 0.1) is 0 Å². The number of rotatable bonds is 9. The Morgan fingerprint density at radius 3 is 2.14 bits per heavy atom. The Labute approximate surface area is 217 Å². The van der Waals surface area contributed by atoms with Crippen LogP contribution in [0.5, 0.6) is 0 Å². The van der Waals surface area contributed by atoms with Crippen molar-refractivity contribution in [2.45, 2.75) is 59.1 Å². The smallest absolute Gasteiger partial charge is 0.359 e. The van der Waals surface area contributed by atoms with Gasteiger partial charge in [0.25, 0.3) is 0 Å². The predicted octanol–water partition coefficient (Wildman–Crippen LogP) is 5.47. The van der Waals surface area contributed by atoms with Gasteiger partial charge in [-0.15, -0.1) is 0 Å². The lowest BCUT2D eigenvalue weighted by atomic mass is 9.98. The number of aromatic nitrogens is 2.